The lowest BCUT2D eigenvalue weighted by Crippen LogP contribution is -2.40. The summed E-state index contributed by atoms with van der Waals surface area (Å²) in [4.78, 5) is 36.6. The number of nitrogens with one attached hydrogen (secondary N) is 2. The lowest BCUT2D eigenvalue weighted by Gasteiger charge is -2.15. The number of esters is 1. The van der Waals surface area contributed by atoms with E-state index in [1.807, 2.05) is 32.0 Å². The standard InChI is InChI=1S/C20H19Cl3N2O4/c1-10-5-4-6-11(2)18(10)25-15(26)9-24-19(27)12(3)29-20(28)16-13(21)7-8-14(22)17(16)23/h4-8,12H,9H2,1-3H3,(H,24,27)(H,25,26). The number of para-hydroxylation sites is 1. The van der Waals surface area contributed by atoms with Crippen LogP contribution in [0.4, 0.5) is 5.69 Å². The summed E-state index contributed by atoms with van der Waals surface area (Å²) in [5.41, 5.74) is 2.37. The van der Waals surface area contributed by atoms with Crippen LogP contribution < -0.4 is 10.6 Å². The summed E-state index contributed by atoms with van der Waals surface area (Å²) in [5.74, 6) is -1.95. The lowest BCUT2D eigenvalue weighted by molar-refractivity contribution is -0.130. The number of carbonyl (C=O) groups is 3. The summed E-state index contributed by atoms with van der Waals surface area (Å²) in [6.07, 6.45) is -1.18. The quantitative estimate of drug-likeness (QED) is 0.492. The number of aryl methyl sites for hydroxylation is 2. The number of rotatable bonds is 6. The molecule has 0 heterocycles. The van der Waals surface area contributed by atoms with Gasteiger partial charge < -0.3 is 15.4 Å². The van der Waals surface area contributed by atoms with Crippen molar-refractivity contribution in [1.82, 2.24) is 5.32 Å². The van der Waals surface area contributed by atoms with Crippen LogP contribution in [0.1, 0.15) is 28.4 Å². The van der Waals surface area contributed by atoms with E-state index in [4.69, 9.17) is 39.5 Å². The number of hydrogen-bond acceptors (Lipinski definition) is 4. The minimum Gasteiger partial charge on any atom is -0.449 e. The highest BCUT2D eigenvalue weighted by Gasteiger charge is 2.24. The predicted octanol–water partition coefficient (Wildman–Crippen LogP) is 4.56. The molecular weight excluding hydrogens is 439 g/mol. The molecule has 2 N–H and O–H groups in total. The van der Waals surface area contributed by atoms with Crippen molar-refractivity contribution < 1.29 is 19.1 Å². The highest BCUT2D eigenvalue weighted by Crippen LogP contribution is 2.32. The number of carbonyl (C=O) groups excluding carboxylic acids is 3. The van der Waals surface area contributed by atoms with Gasteiger partial charge in [0.1, 0.15) is 0 Å². The average Bonchev–Trinajstić information content (AvgIpc) is 2.66. The fraction of sp³-hybridized carbons (Fsp3) is 0.250. The van der Waals surface area contributed by atoms with E-state index in [1.165, 1.54) is 19.1 Å². The van der Waals surface area contributed by atoms with Crippen molar-refractivity contribution in [2.45, 2.75) is 26.9 Å². The van der Waals surface area contributed by atoms with E-state index < -0.39 is 23.9 Å². The minimum atomic E-state index is -1.18. The van der Waals surface area contributed by atoms with Gasteiger partial charge in [-0.2, -0.15) is 0 Å². The van der Waals surface area contributed by atoms with Crippen LogP contribution in [0, 0.1) is 13.8 Å². The SMILES string of the molecule is Cc1cccc(C)c1NC(=O)CNC(=O)C(C)OC(=O)c1c(Cl)ccc(Cl)c1Cl. The Bertz CT molecular complexity index is 943. The third kappa shape index (κ3) is 5.85. The van der Waals surface area contributed by atoms with Gasteiger partial charge in [0, 0.05) is 5.69 Å². The molecule has 154 valence electrons. The van der Waals surface area contributed by atoms with Crippen molar-refractivity contribution in [2.75, 3.05) is 11.9 Å². The van der Waals surface area contributed by atoms with Crippen molar-refractivity contribution in [3.63, 3.8) is 0 Å². The van der Waals surface area contributed by atoms with Gasteiger partial charge in [-0.15, -0.1) is 0 Å². The molecule has 0 aliphatic heterocycles. The van der Waals surface area contributed by atoms with Crippen molar-refractivity contribution in [3.8, 4) is 0 Å². The fourth-order valence-electron chi connectivity index (χ4n) is 2.49. The number of ether oxygens (including phenoxy) is 1. The summed E-state index contributed by atoms with van der Waals surface area (Å²) in [6.45, 7) is 4.82. The Hall–Kier alpha value is -2.28. The first-order chi connectivity index (χ1) is 13.6. The molecule has 2 aromatic carbocycles. The van der Waals surface area contributed by atoms with Gasteiger partial charge in [0.15, 0.2) is 6.10 Å². The molecule has 1 atom stereocenters. The van der Waals surface area contributed by atoms with E-state index >= 15 is 0 Å². The zero-order valence-corrected chi connectivity index (χ0v) is 18.2. The van der Waals surface area contributed by atoms with Crippen molar-refractivity contribution >= 4 is 58.3 Å². The number of halogens is 3. The predicted molar refractivity (Wildman–Crippen MR) is 114 cm³/mol. The first-order valence-electron chi connectivity index (χ1n) is 8.60. The molecular formula is C20H19Cl3N2O4. The Morgan fingerprint density at radius 1 is 1.00 bits per heavy atom. The maximum absolute atomic E-state index is 12.3. The molecule has 6 nitrogen and oxygen atoms in total. The van der Waals surface area contributed by atoms with Crippen LogP contribution in [0.2, 0.25) is 15.1 Å². The summed E-state index contributed by atoms with van der Waals surface area (Å²) in [7, 11) is 0. The zero-order valence-electron chi connectivity index (χ0n) is 15.9. The Kier molecular flexibility index (Phi) is 7.90. The molecule has 0 aliphatic carbocycles. The van der Waals surface area contributed by atoms with Gasteiger partial charge in [-0.1, -0.05) is 53.0 Å². The van der Waals surface area contributed by atoms with E-state index in [9.17, 15) is 14.4 Å². The van der Waals surface area contributed by atoms with Gasteiger partial charge in [0.2, 0.25) is 5.91 Å². The molecule has 2 aromatic rings. The van der Waals surface area contributed by atoms with Crippen molar-refractivity contribution in [3.05, 3.63) is 62.1 Å². The summed E-state index contributed by atoms with van der Waals surface area (Å²) < 4.78 is 5.09. The van der Waals surface area contributed by atoms with Gasteiger partial charge in [-0.05, 0) is 44.0 Å². The van der Waals surface area contributed by atoms with Gasteiger partial charge in [0.05, 0.1) is 27.2 Å². The molecule has 0 fully saturated rings. The number of benzene rings is 2. The summed E-state index contributed by atoms with van der Waals surface area (Å²) in [5, 5.41) is 5.28. The zero-order chi connectivity index (χ0) is 21.7. The third-order valence-corrected chi connectivity index (χ3v) is 5.19. The smallest absolute Gasteiger partial charge is 0.342 e. The van der Waals surface area contributed by atoms with Crippen molar-refractivity contribution in [1.29, 1.82) is 0 Å². The van der Waals surface area contributed by atoms with Gasteiger partial charge in [0.25, 0.3) is 5.91 Å². The monoisotopic (exact) mass is 456 g/mol. The van der Waals surface area contributed by atoms with Gasteiger partial charge in [-0.3, -0.25) is 9.59 Å². The number of anilines is 1. The second-order valence-corrected chi connectivity index (χ2v) is 7.49. The van der Waals surface area contributed by atoms with E-state index in [1.54, 1.807) is 0 Å². The normalized spacial score (nSPS) is 11.5. The van der Waals surface area contributed by atoms with Crippen molar-refractivity contribution in [2.24, 2.45) is 0 Å². The maximum Gasteiger partial charge on any atom is 0.342 e. The fourth-order valence-corrected chi connectivity index (χ4v) is 3.18. The van der Waals surface area contributed by atoms with Crippen LogP contribution in [-0.4, -0.2) is 30.4 Å². The summed E-state index contributed by atoms with van der Waals surface area (Å²) >= 11 is 17.8. The molecule has 0 spiro atoms. The molecule has 0 saturated heterocycles. The molecule has 0 aromatic heterocycles. The largest absolute Gasteiger partial charge is 0.449 e. The molecule has 9 heteroatoms. The molecule has 29 heavy (non-hydrogen) atoms. The van der Waals surface area contributed by atoms with Crippen LogP contribution >= 0.6 is 34.8 Å². The van der Waals surface area contributed by atoms with Crippen LogP contribution in [-0.2, 0) is 14.3 Å². The maximum atomic E-state index is 12.3. The molecule has 0 saturated carbocycles. The summed E-state index contributed by atoms with van der Waals surface area (Å²) in [6, 6.07) is 8.46. The third-order valence-electron chi connectivity index (χ3n) is 4.07. The topological polar surface area (TPSA) is 84.5 Å². The second-order valence-electron chi connectivity index (χ2n) is 6.30. The Balaban J connectivity index is 1.93. The first kappa shape index (κ1) is 23.0. The molecule has 2 amide bonds. The molecule has 2 rings (SSSR count). The van der Waals surface area contributed by atoms with Crippen LogP contribution in [0.15, 0.2) is 30.3 Å². The Morgan fingerprint density at radius 2 is 1.59 bits per heavy atom. The van der Waals surface area contributed by atoms with E-state index in [0.717, 1.165) is 11.1 Å². The number of amides is 2. The lowest BCUT2D eigenvalue weighted by atomic mass is 10.1. The molecule has 0 bridgehead atoms. The van der Waals surface area contributed by atoms with E-state index in [0.29, 0.717) is 5.69 Å². The number of hydrogen-bond donors (Lipinski definition) is 2. The van der Waals surface area contributed by atoms with Crippen LogP contribution in [0.25, 0.3) is 0 Å². The second kappa shape index (κ2) is 9.96. The van der Waals surface area contributed by atoms with Crippen LogP contribution in [0.5, 0.6) is 0 Å². The minimum absolute atomic E-state index is 0.0463. The van der Waals surface area contributed by atoms with Gasteiger partial charge >= 0.3 is 5.97 Å². The highest BCUT2D eigenvalue weighted by atomic mass is 35.5. The average molecular weight is 458 g/mol. The Morgan fingerprint density at radius 3 is 2.21 bits per heavy atom. The van der Waals surface area contributed by atoms with E-state index in [2.05, 4.69) is 10.6 Å². The molecule has 1 unspecified atom stereocenters. The van der Waals surface area contributed by atoms with Gasteiger partial charge in [-0.25, -0.2) is 4.79 Å². The van der Waals surface area contributed by atoms with E-state index in [-0.39, 0.29) is 27.2 Å². The molecule has 0 aliphatic rings. The highest BCUT2D eigenvalue weighted by molar-refractivity contribution is 6.46. The first-order valence-corrected chi connectivity index (χ1v) is 9.73. The Labute approximate surface area is 183 Å². The molecule has 0 radical (unpaired) electrons. The van der Waals surface area contributed by atoms with Crippen LogP contribution in [0.3, 0.4) is 0 Å².